The van der Waals surface area contributed by atoms with E-state index in [0.29, 0.717) is 30.2 Å². The number of aliphatic hydroxyl groups is 1. The third kappa shape index (κ3) is 7.51. The van der Waals surface area contributed by atoms with Crippen molar-refractivity contribution in [3.05, 3.63) is 64.2 Å². The maximum atomic E-state index is 12.1. The van der Waals surface area contributed by atoms with E-state index >= 15 is 0 Å². The van der Waals surface area contributed by atoms with Crippen molar-refractivity contribution in [1.82, 2.24) is 0 Å². The summed E-state index contributed by atoms with van der Waals surface area (Å²) in [7, 11) is 0. The molecule has 0 aromatic heterocycles. The van der Waals surface area contributed by atoms with Gasteiger partial charge in [0, 0.05) is 32.2 Å². The summed E-state index contributed by atoms with van der Waals surface area (Å²) in [5.74, 6) is -1.25. The zero-order valence-electron chi connectivity index (χ0n) is 22.5. The minimum Gasteiger partial charge on any atom is -0.488 e. The predicted molar refractivity (Wildman–Crippen MR) is 142 cm³/mol. The molecule has 2 aromatic rings. The second-order valence-electron chi connectivity index (χ2n) is 9.77. The molecule has 0 aliphatic carbocycles. The molecule has 1 N–H and O–H groups in total. The van der Waals surface area contributed by atoms with Crippen molar-refractivity contribution in [1.29, 1.82) is 0 Å². The number of carbonyl (C=O) groups is 3. The number of carbonyl (C=O) groups excluding carboxylic acids is 3. The first-order chi connectivity index (χ1) is 19.1. The van der Waals surface area contributed by atoms with Gasteiger partial charge in [0.1, 0.15) is 24.1 Å². The molecule has 2 aliphatic rings. The highest BCUT2D eigenvalue weighted by Gasteiger charge is 2.52. The molecule has 2 fully saturated rings. The van der Waals surface area contributed by atoms with Gasteiger partial charge in [0.25, 0.3) is 0 Å². The fourth-order valence-corrected chi connectivity index (χ4v) is 5.11. The van der Waals surface area contributed by atoms with Crippen LogP contribution >= 0.6 is 11.6 Å². The molecular weight excluding hydrogens is 544 g/mol. The van der Waals surface area contributed by atoms with Crippen molar-refractivity contribution in [2.45, 2.75) is 70.2 Å². The maximum Gasteiger partial charge on any atom is 0.303 e. The Balaban J connectivity index is 1.61. The lowest BCUT2D eigenvalue weighted by Gasteiger charge is -2.44. The van der Waals surface area contributed by atoms with Crippen LogP contribution in [0.5, 0.6) is 5.75 Å². The molecule has 2 aromatic carbocycles. The van der Waals surface area contributed by atoms with E-state index < -0.39 is 55.0 Å². The highest BCUT2D eigenvalue weighted by atomic mass is 35.5. The Kier molecular flexibility index (Phi) is 10.0. The van der Waals surface area contributed by atoms with Gasteiger partial charge < -0.3 is 33.5 Å². The summed E-state index contributed by atoms with van der Waals surface area (Å²) in [6.07, 6.45) is -4.21. The summed E-state index contributed by atoms with van der Waals surface area (Å²) in [5, 5.41) is 10.6. The molecule has 11 heteroatoms. The Morgan fingerprint density at radius 1 is 0.925 bits per heavy atom. The normalized spacial score (nSPS) is 26.1. The Hall–Kier alpha value is -3.18. The van der Waals surface area contributed by atoms with Crippen LogP contribution in [0, 0.1) is 0 Å². The van der Waals surface area contributed by atoms with Crippen LogP contribution in [0.1, 0.15) is 50.0 Å². The second kappa shape index (κ2) is 13.5. The van der Waals surface area contributed by atoms with Gasteiger partial charge in [-0.2, -0.15) is 0 Å². The number of hydrogen-bond acceptors (Lipinski definition) is 10. The first-order valence-electron chi connectivity index (χ1n) is 13.0. The molecule has 10 nitrogen and oxygen atoms in total. The summed E-state index contributed by atoms with van der Waals surface area (Å²) in [5.41, 5.74) is 2.33. The van der Waals surface area contributed by atoms with Crippen molar-refractivity contribution in [3.63, 3.8) is 0 Å². The van der Waals surface area contributed by atoms with Crippen molar-refractivity contribution >= 4 is 29.5 Å². The molecular formula is C29H33ClO10. The van der Waals surface area contributed by atoms with E-state index in [0.717, 1.165) is 23.3 Å². The molecule has 0 bridgehead atoms. The van der Waals surface area contributed by atoms with E-state index in [-0.39, 0.29) is 6.10 Å². The van der Waals surface area contributed by atoms with Crippen molar-refractivity contribution < 1.29 is 47.9 Å². The highest BCUT2D eigenvalue weighted by Crippen LogP contribution is 2.38. The largest absolute Gasteiger partial charge is 0.488 e. The van der Waals surface area contributed by atoms with Gasteiger partial charge in [-0.1, -0.05) is 35.9 Å². The molecule has 0 saturated carbocycles. The van der Waals surface area contributed by atoms with Gasteiger partial charge in [-0.25, -0.2) is 0 Å². The molecule has 0 amide bonds. The zero-order chi connectivity index (χ0) is 28.8. The molecule has 0 radical (unpaired) electrons. The standard InChI is InChI=1S/C29H33ClO10/c1-16(32)36-27-25(14-31)40-26(28(37-17(2)33)29(27)38-18(3)34)20-6-9-24(30)21(13-20)12-19-4-7-22(8-5-19)39-23-10-11-35-15-23/h4-9,13,23,25-29,31H,10-12,14-15H2,1-3H3/t23-,25+,26-,27+,28-,29-/m0/s1. The van der Waals surface area contributed by atoms with Gasteiger partial charge in [-0.05, 0) is 41.3 Å². The summed E-state index contributed by atoms with van der Waals surface area (Å²) < 4.78 is 33.8. The van der Waals surface area contributed by atoms with E-state index in [9.17, 15) is 19.5 Å². The predicted octanol–water partition coefficient (Wildman–Crippen LogP) is 3.33. The van der Waals surface area contributed by atoms with Gasteiger partial charge in [0.05, 0.1) is 19.8 Å². The van der Waals surface area contributed by atoms with Crippen molar-refractivity contribution in [3.8, 4) is 5.75 Å². The molecule has 216 valence electrons. The van der Waals surface area contributed by atoms with Crippen molar-refractivity contribution in [2.75, 3.05) is 19.8 Å². The Bertz CT molecular complexity index is 1190. The monoisotopic (exact) mass is 576 g/mol. The molecule has 0 spiro atoms. The third-order valence-electron chi connectivity index (χ3n) is 6.63. The Morgan fingerprint density at radius 3 is 2.17 bits per heavy atom. The Labute approximate surface area is 237 Å². The quantitative estimate of drug-likeness (QED) is 0.351. The van der Waals surface area contributed by atoms with Crippen LogP contribution in [0.4, 0.5) is 0 Å². The lowest BCUT2D eigenvalue weighted by molar-refractivity contribution is -0.253. The molecule has 0 unspecified atom stereocenters. The van der Waals surface area contributed by atoms with E-state index in [1.165, 1.54) is 20.8 Å². The topological polar surface area (TPSA) is 127 Å². The first kappa shape index (κ1) is 29.8. The number of ether oxygens (including phenoxy) is 6. The number of benzene rings is 2. The average molecular weight is 577 g/mol. The zero-order valence-corrected chi connectivity index (χ0v) is 23.3. The van der Waals surface area contributed by atoms with Crippen molar-refractivity contribution in [2.24, 2.45) is 0 Å². The molecule has 2 heterocycles. The second-order valence-corrected chi connectivity index (χ2v) is 10.2. The number of rotatable bonds is 9. The van der Waals surface area contributed by atoms with Crippen LogP contribution < -0.4 is 4.74 Å². The van der Waals surface area contributed by atoms with E-state index in [1.807, 2.05) is 30.3 Å². The maximum absolute atomic E-state index is 12.1. The molecule has 2 saturated heterocycles. The van der Waals surface area contributed by atoms with Crippen LogP contribution in [0.15, 0.2) is 42.5 Å². The van der Waals surface area contributed by atoms with Crippen LogP contribution in [-0.4, -0.2) is 73.4 Å². The van der Waals surface area contributed by atoms with E-state index in [1.54, 1.807) is 12.1 Å². The van der Waals surface area contributed by atoms with E-state index in [4.69, 9.17) is 40.0 Å². The van der Waals surface area contributed by atoms with Gasteiger partial charge in [0.2, 0.25) is 0 Å². The summed E-state index contributed by atoms with van der Waals surface area (Å²) in [6.45, 7) is 4.32. The summed E-state index contributed by atoms with van der Waals surface area (Å²) >= 11 is 6.55. The number of aliphatic hydroxyl groups excluding tert-OH is 1. The number of esters is 3. The minimum atomic E-state index is -1.22. The molecule has 4 rings (SSSR count). The summed E-state index contributed by atoms with van der Waals surface area (Å²) in [6, 6.07) is 12.9. The lowest BCUT2D eigenvalue weighted by atomic mass is 9.89. The van der Waals surface area contributed by atoms with Crippen LogP contribution in [0.3, 0.4) is 0 Å². The fraction of sp³-hybridized carbons (Fsp3) is 0.483. The van der Waals surface area contributed by atoms with Gasteiger partial charge in [-0.15, -0.1) is 0 Å². The van der Waals surface area contributed by atoms with Gasteiger partial charge in [0.15, 0.2) is 18.3 Å². The average Bonchev–Trinajstić information content (AvgIpc) is 3.41. The summed E-state index contributed by atoms with van der Waals surface area (Å²) in [4.78, 5) is 35.9. The molecule has 40 heavy (non-hydrogen) atoms. The first-order valence-corrected chi connectivity index (χ1v) is 13.4. The minimum absolute atomic E-state index is 0.0524. The SMILES string of the molecule is CC(=O)O[C@@H]1[C@@H](OC(C)=O)[C@H](c2ccc(Cl)c(Cc3ccc(O[C@H]4CCOC4)cc3)c2)O[C@H](CO)[C@H]1OC(C)=O. The Morgan fingerprint density at radius 2 is 1.57 bits per heavy atom. The molecule has 6 atom stereocenters. The third-order valence-corrected chi connectivity index (χ3v) is 7.00. The highest BCUT2D eigenvalue weighted by molar-refractivity contribution is 6.31. The van der Waals surface area contributed by atoms with Crippen LogP contribution in [0.25, 0.3) is 0 Å². The van der Waals surface area contributed by atoms with Crippen LogP contribution in [0.2, 0.25) is 5.02 Å². The van der Waals surface area contributed by atoms with Crippen LogP contribution in [-0.2, 0) is 44.5 Å². The lowest BCUT2D eigenvalue weighted by Crippen LogP contribution is -2.59. The smallest absolute Gasteiger partial charge is 0.303 e. The molecule has 2 aliphatic heterocycles. The number of halogens is 1. The number of hydrogen-bond donors (Lipinski definition) is 1. The fourth-order valence-electron chi connectivity index (χ4n) is 4.92. The van der Waals surface area contributed by atoms with Gasteiger partial charge >= 0.3 is 17.9 Å². The van der Waals surface area contributed by atoms with E-state index in [2.05, 4.69) is 0 Å². The van der Waals surface area contributed by atoms with Gasteiger partial charge in [-0.3, -0.25) is 14.4 Å².